The van der Waals surface area contributed by atoms with E-state index < -0.39 is 0 Å². The van der Waals surface area contributed by atoms with Gasteiger partial charge in [-0.15, -0.1) is 0 Å². The zero-order valence-corrected chi connectivity index (χ0v) is 15.5. The Morgan fingerprint density at radius 1 is 1.30 bits per heavy atom. The van der Waals surface area contributed by atoms with Gasteiger partial charge in [-0.3, -0.25) is 5.10 Å². The normalized spacial score (nSPS) is 21.0. The zero-order chi connectivity index (χ0) is 18.4. The van der Waals surface area contributed by atoms with Crippen LogP contribution in [0.2, 0.25) is 0 Å². The molecule has 1 saturated heterocycles. The van der Waals surface area contributed by atoms with Crippen molar-refractivity contribution in [2.24, 2.45) is 5.73 Å². The first-order valence-electron chi connectivity index (χ1n) is 9.66. The van der Waals surface area contributed by atoms with Crippen LogP contribution in [0.15, 0.2) is 30.6 Å². The summed E-state index contributed by atoms with van der Waals surface area (Å²) in [5.74, 6) is 1.80. The van der Waals surface area contributed by atoms with Crippen LogP contribution >= 0.6 is 0 Å². The molecule has 0 spiro atoms. The van der Waals surface area contributed by atoms with Crippen molar-refractivity contribution in [1.29, 1.82) is 0 Å². The van der Waals surface area contributed by atoms with E-state index in [4.69, 9.17) is 10.5 Å². The molecule has 0 unspecified atom stereocenters. The summed E-state index contributed by atoms with van der Waals surface area (Å²) in [6.07, 6.45) is 5.90. The van der Waals surface area contributed by atoms with Crippen molar-refractivity contribution in [2.75, 3.05) is 18.0 Å². The molecular weight excluding hydrogens is 340 g/mol. The summed E-state index contributed by atoms with van der Waals surface area (Å²) in [5.41, 5.74) is 8.68. The summed E-state index contributed by atoms with van der Waals surface area (Å²) >= 11 is 0. The topological polar surface area (TPSA) is 93.0 Å². The molecule has 140 valence electrons. The number of ether oxygens (including phenoxy) is 1. The maximum absolute atomic E-state index is 6.25. The van der Waals surface area contributed by atoms with Crippen LogP contribution in [0, 0.1) is 0 Å². The highest BCUT2D eigenvalue weighted by Gasteiger charge is 2.43. The maximum atomic E-state index is 6.25. The van der Waals surface area contributed by atoms with Crippen LogP contribution in [-0.4, -0.2) is 44.9 Å². The number of nitrogens with two attached hydrogens (primary N) is 1. The van der Waals surface area contributed by atoms with E-state index in [2.05, 4.69) is 38.1 Å². The molecule has 3 N–H and O–H groups in total. The highest BCUT2D eigenvalue weighted by Crippen LogP contribution is 2.43. The van der Waals surface area contributed by atoms with Crippen molar-refractivity contribution in [1.82, 2.24) is 20.2 Å². The quantitative estimate of drug-likeness (QED) is 0.723. The summed E-state index contributed by atoms with van der Waals surface area (Å²) in [6, 6.07) is 8.31. The lowest BCUT2D eigenvalue weighted by molar-refractivity contribution is 0.175. The number of H-pyrrole nitrogens is 1. The maximum Gasteiger partial charge on any atom is 0.132 e. The summed E-state index contributed by atoms with van der Waals surface area (Å²) < 4.78 is 6.25. The van der Waals surface area contributed by atoms with Gasteiger partial charge in [0.15, 0.2) is 0 Å². The first-order chi connectivity index (χ1) is 13.2. The van der Waals surface area contributed by atoms with Crippen molar-refractivity contribution in [2.45, 2.75) is 44.2 Å². The Balaban J connectivity index is 1.49. The SMILES string of the molecule is CCC1(Oc2ccc3[nH]nc(-c4cc(N5CC[C@@H](N)C5)ncn4)c3c2)CC1. The second-order valence-corrected chi connectivity index (χ2v) is 7.67. The number of anilines is 1. The van der Waals surface area contributed by atoms with Gasteiger partial charge in [0, 0.05) is 30.6 Å². The number of fused-ring (bicyclic) bond motifs is 1. The van der Waals surface area contributed by atoms with Gasteiger partial charge in [0.05, 0.1) is 11.2 Å². The Morgan fingerprint density at radius 3 is 2.93 bits per heavy atom. The van der Waals surface area contributed by atoms with Crippen molar-refractivity contribution in [3.63, 3.8) is 0 Å². The van der Waals surface area contributed by atoms with Crippen molar-refractivity contribution >= 4 is 16.7 Å². The third-order valence-electron chi connectivity index (χ3n) is 5.76. The van der Waals surface area contributed by atoms with E-state index in [1.54, 1.807) is 6.33 Å². The van der Waals surface area contributed by atoms with Crippen molar-refractivity contribution in [3.05, 3.63) is 30.6 Å². The highest BCUT2D eigenvalue weighted by molar-refractivity contribution is 5.93. The number of nitrogens with one attached hydrogen (secondary N) is 1. The number of hydrogen-bond acceptors (Lipinski definition) is 6. The lowest BCUT2D eigenvalue weighted by Crippen LogP contribution is -2.26. The molecule has 3 aromatic rings. The molecule has 1 aliphatic carbocycles. The van der Waals surface area contributed by atoms with Crippen LogP contribution in [0.5, 0.6) is 5.75 Å². The van der Waals surface area contributed by atoms with E-state index in [9.17, 15) is 0 Å². The van der Waals surface area contributed by atoms with Gasteiger partial charge < -0.3 is 15.4 Å². The van der Waals surface area contributed by atoms with Crippen molar-refractivity contribution < 1.29 is 4.74 Å². The fourth-order valence-corrected chi connectivity index (χ4v) is 3.81. The monoisotopic (exact) mass is 364 g/mol. The Bertz CT molecular complexity index is 980. The van der Waals surface area contributed by atoms with E-state index in [-0.39, 0.29) is 11.6 Å². The van der Waals surface area contributed by atoms with Gasteiger partial charge in [-0.1, -0.05) is 6.92 Å². The third kappa shape index (κ3) is 3.02. The van der Waals surface area contributed by atoms with Crippen molar-refractivity contribution in [3.8, 4) is 17.1 Å². The van der Waals surface area contributed by atoms with Crippen LogP contribution in [0.1, 0.15) is 32.6 Å². The number of aromatic amines is 1. The molecule has 2 aromatic heterocycles. The van der Waals surface area contributed by atoms with E-state index in [1.807, 2.05) is 18.2 Å². The molecule has 3 heterocycles. The number of nitrogens with zero attached hydrogens (tertiary/aromatic N) is 4. The lowest BCUT2D eigenvalue weighted by atomic mass is 10.1. The molecule has 1 aliphatic heterocycles. The van der Waals surface area contributed by atoms with E-state index in [0.29, 0.717) is 0 Å². The standard InChI is InChI=1S/C20H24N6O/c1-2-20(6-7-20)27-14-3-4-16-15(9-14)19(25-24-16)17-10-18(23-12-22-17)26-8-5-13(21)11-26/h3-4,9-10,12-13H,2,5-8,11,21H2,1H3,(H,24,25)/t13-/m1/s1. The first kappa shape index (κ1) is 16.5. The first-order valence-corrected chi connectivity index (χ1v) is 9.66. The predicted molar refractivity (Wildman–Crippen MR) is 105 cm³/mol. The molecule has 1 aromatic carbocycles. The second-order valence-electron chi connectivity index (χ2n) is 7.67. The minimum Gasteiger partial charge on any atom is -0.487 e. The van der Waals surface area contributed by atoms with Crippen LogP contribution < -0.4 is 15.4 Å². The van der Waals surface area contributed by atoms with Crippen LogP contribution in [0.4, 0.5) is 5.82 Å². The summed E-state index contributed by atoms with van der Waals surface area (Å²) in [7, 11) is 0. The minimum absolute atomic E-state index is 0.0359. The van der Waals surface area contributed by atoms with E-state index >= 15 is 0 Å². The molecule has 1 saturated carbocycles. The van der Waals surface area contributed by atoms with Gasteiger partial charge in [-0.2, -0.15) is 5.10 Å². The Morgan fingerprint density at radius 2 is 2.19 bits per heavy atom. The Kier molecular flexibility index (Phi) is 3.79. The fraction of sp³-hybridized carbons (Fsp3) is 0.450. The molecule has 0 bridgehead atoms. The Labute approximate surface area is 157 Å². The molecule has 2 aliphatic rings. The fourth-order valence-electron chi connectivity index (χ4n) is 3.81. The largest absolute Gasteiger partial charge is 0.487 e. The zero-order valence-electron chi connectivity index (χ0n) is 15.5. The summed E-state index contributed by atoms with van der Waals surface area (Å²) in [6.45, 7) is 3.94. The minimum atomic E-state index is 0.0359. The second kappa shape index (κ2) is 6.20. The number of benzene rings is 1. The summed E-state index contributed by atoms with van der Waals surface area (Å²) in [5, 5.41) is 8.63. The van der Waals surface area contributed by atoms with E-state index in [1.165, 1.54) is 0 Å². The molecular formula is C20H24N6O. The number of rotatable bonds is 5. The molecule has 5 rings (SSSR count). The van der Waals surface area contributed by atoms with Gasteiger partial charge >= 0.3 is 0 Å². The van der Waals surface area contributed by atoms with Crippen LogP contribution in [-0.2, 0) is 0 Å². The molecule has 0 radical (unpaired) electrons. The number of aromatic nitrogens is 4. The van der Waals surface area contributed by atoms with E-state index in [0.717, 1.165) is 72.6 Å². The van der Waals surface area contributed by atoms with Gasteiger partial charge in [0.25, 0.3) is 0 Å². The van der Waals surface area contributed by atoms with Gasteiger partial charge in [-0.25, -0.2) is 9.97 Å². The molecule has 7 heteroatoms. The summed E-state index contributed by atoms with van der Waals surface area (Å²) in [4.78, 5) is 11.1. The molecule has 1 atom stereocenters. The van der Waals surface area contributed by atoms with Crippen LogP contribution in [0.25, 0.3) is 22.3 Å². The predicted octanol–water partition coefficient (Wildman–Crippen LogP) is 2.88. The average Bonchev–Trinajstić information content (AvgIpc) is 3.12. The van der Waals surface area contributed by atoms with Crippen LogP contribution in [0.3, 0.4) is 0 Å². The molecule has 2 fully saturated rings. The highest BCUT2D eigenvalue weighted by atomic mass is 16.5. The lowest BCUT2D eigenvalue weighted by Gasteiger charge is -2.17. The average molecular weight is 364 g/mol. The Hall–Kier alpha value is -2.67. The van der Waals surface area contributed by atoms with Gasteiger partial charge in [0.1, 0.15) is 29.2 Å². The molecule has 0 amide bonds. The van der Waals surface area contributed by atoms with Gasteiger partial charge in [-0.05, 0) is 43.9 Å². The molecule has 7 nitrogen and oxygen atoms in total. The van der Waals surface area contributed by atoms with Gasteiger partial charge in [0.2, 0.25) is 0 Å². The third-order valence-corrected chi connectivity index (χ3v) is 5.76. The smallest absolute Gasteiger partial charge is 0.132 e. The molecule has 27 heavy (non-hydrogen) atoms. The number of hydrogen-bond donors (Lipinski definition) is 2.